The Kier molecular flexibility index (Phi) is 29.1. The molecule has 0 unspecified atom stereocenters. The summed E-state index contributed by atoms with van der Waals surface area (Å²) in [6.07, 6.45) is 22.7. The van der Waals surface area contributed by atoms with Gasteiger partial charge in [-0.2, -0.15) is 15.3 Å². The molecule has 14 rings (SSSR count). The maximum absolute atomic E-state index is 9.53. The van der Waals surface area contributed by atoms with E-state index in [-0.39, 0.29) is 41.9 Å². The summed E-state index contributed by atoms with van der Waals surface area (Å²) in [7, 11) is 18.1. The van der Waals surface area contributed by atoms with Crippen LogP contribution in [-0.4, -0.2) is 178 Å². The van der Waals surface area contributed by atoms with Crippen LogP contribution in [0.25, 0.3) is 66.9 Å². The number of rotatable bonds is 26. The molecule has 1 aliphatic heterocycles. The van der Waals surface area contributed by atoms with E-state index < -0.39 is 0 Å². The first-order valence-electron chi connectivity index (χ1n) is 35.5. The summed E-state index contributed by atoms with van der Waals surface area (Å²) in [6, 6.07) is 36.7. The van der Waals surface area contributed by atoms with Crippen molar-refractivity contribution in [2.24, 2.45) is 21.1 Å². The van der Waals surface area contributed by atoms with E-state index in [0.717, 1.165) is 179 Å². The molecule has 110 heavy (non-hydrogen) atoms. The van der Waals surface area contributed by atoms with Crippen molar-refractivity contribution in [2.45, 2.75) is 102 Å². The number of aliphatic hydroxyl groups is 1. The number of hydrogen-bond donors (Lipinski definition) is 1. The van der Waals surface area contributed by atoms with Crippen LogP contribution in [0, 0.1) is 13.8 Å². The number of methoxy groups -OCH3 is 5. The highest BCUT2D eigenvalue weighted by molar-refractivity contribution is 5.86. The molecule has 25 heteroatoms. The summed E-state index contributed by atoms with van der Waals surface area (Å²) in [5.74, 6) is 4.77. The van der Waals surface area contributed by atoms with Crippen LogP contribution in [0.3, 0.4) is 0 Å². The van der Waals surface area contributed by atoms with E-state index in [0.29, 0.717) is 19.5 Å². The highest BCUT2D eigenvalue weighted by Crippen LogP contribution is 2.39. The van der Waals surface area contributed by atoms with E-state index in [9.17, 15) is 5.11 Å². The molecule has 0 amide bonds. The lowest BCUT2D eigenvalue weighted by molar-refractivity contribution is 0.174. The fraction of sp³-hybridized carbons (Fsp3) is 0.365. The van der Waals surface area contributed by atoms with Crippen LogP contribution in [-0.2, 0) is 34.2 Å². The number of hydrogen-bond acceptors (Lipinski definition) is 21. The summed E-state index contributed by atoms with van der Waals surface area (Å²) >= 11 is 0. The smallest absolute Gasteiger partial charge is 0.124 e. The van der Waals surface area contributed by atoms with Gasteiger partial charge >= 0.3 is 0 Å². The zero-order valence-corrected chi connectivity index (χ0v) is 63.1. The molecular formula is C85H111N19O6. The number of benzene rings is 6. The molecule has 1 N–H and O–H groups in total. The predicted octanol–water partition coefficient (Wildman–Crippen LogP) is 16.3. The normalized spacial score (nSPS) is 12.2. The molecule has 1 fully saturated rings. The van der Waals surface area contributed by atoms with Gasteiger partial charge in [0.1, 0.15) is 34.6 Å². The van der Waals surface area contributed by atoms with Gasteiger partial charge in [-0.25, -0.2) is 19.9 Å². The Morgan fingerprint density at radius 1 is 0.436 bits per heavy atom. The maximum Gasteiger partial charge on any atom is 0.124 e. The molecular weight excluding hydrogens is 1380 g/mol. The SMILES string of the molecule is C.C.C.C.COc1cc(CN(C)C)cc(N(CCCO)c2ccc3ncc(-c4cnn(C)c4)nc3c2)c1.COc1cc(OC)cc(N(CCCN2CCCC2(C)C)c2ccc3ncc(-c4cnn(C)c4)nc3c2)c1.COc1cc(OC)cc(N(CCn2c(C)cnc2C)c2ccc3ncc(-c4cnn(C)c4)nc3c2)c1. The summed E-state index contributed by atoms with van der Waals surface area (Å²) in [4.78, 5) is 44.5. The van der Waals surface area contributed by atoms with Gasteiger partial charge in [0.25, 0.3) is 0 Å². The van der Waals surface area contributed by atoms with Crippen molar-refractivity contribution in [1.82, 2.24) is 78.6 Å². The van der Waals surface area contributed by atoms with E-state index in [1.807, 2.05) is 140 Å². The van der Waals surface area contributed by atoms with Crippen molar-refractivity contribution in [2.75, 3.05) is 104 Å². The van der Waals surface area contributed by atoms with Crippen LogP contribution in [0.4, 0.5) is 34.1 Å². The Bertz CT molecular complexity index is 5080. The lowest BCUT2D eigenvalue weighted by Gasteiger charge is -2.33. The van der Waals surface area contributed by atoms with Gasteiger partial charge < -0.3 is 53.0 Å². The maximum atomic E-state index is 9.53. The van der Waals surface area contributed by atoms with E-state index in [1.54, 1.807) is 74.4 Å². The minimum Gasteiger partial charge on any atom is -0.497 e. The first-order chi connectivity index (χ1) is 51.3. The zero-order chi connectivity index (χ0) is 74.6. The quantitative estimate of drug-likeness (QED) is 0.0531. The average molecular weight is 1490 g/mol. The van der Waals surface area contributed by atoms with Crippen LogP contribution < -0.4 is 38.4 Å². The van der Waals surface area contributed by atoms with Gasteiger partial charge in [-0.3, -0.25) is 33.9 Å². The number of nitrogens with zero attached hydrogens (tertiary/aromatic N) is 19. The van der Waals surface area contributed by atoms with Crippen LogP contribution in [0.2, 0.25) is 0 Å². The minimum absolute atomic E-state index is 0. The first-order valence-corrected chi connectivity index (χ1v) is 35.5. The standard InChI is InChI=1S/C29H36N6O2.C27H29N7O2.C25H30N6O2.4CH4/c1-29(2)10-6-11-34(29)12-7-13-35(23-14-24(36-4)17-25(15-23)37-5)22-8-9-26-27(16-22)32-28(19-30-26)21-18-31-33(3)20-21;1-18-14-28-19(2)33(18)8-9-34(22-10-23(35-4)13-24(11-22)36-5)21-6-7-25-26(12-21)31-27(16-29-25)20-15-30-32(3)17-20;1-29(2)16-18-10-21(12-22(11-18)33-4)31(8-5-9-32)20-6-7-23-24(13-20)28-25(15-26-23)19-14-27-30(3)17-19;;;;/h8-9,14-20H,6-7,10-13H2,1-5H3;6-7,10-17H,8-9H2,1-5H3;6-7,10-15,17,32H,5,8-9,16H2,1-4H3;4*1H4. The van der Waals surface area contributed by atoms with Crippen molar-refractivity contribution >= 4 is 67.2 Å². The monoisotopic (exact) mass is 1490 g/mol. The second kappa shape index (κ2) is 38.0. The number of imidazole rings is 1. The van der Waals surface area contributed by atoms with Gasteiger partial charge in [0.05, 0.1) is 123 Å². The molecule has 0 spiro atoms. The summed E-state index contributed by atoms with van der Waals surface area (Å²) in [5, 5.41) is 22.3. The molecule has 7 aromatic heterocycles. The number of aromatic nitrogens is 14. The molecule has 0 radical (unpaired) electrons. The second-order valence-electron chi connectivity index (χ2n) is 27.3. The van der Waals surface area contributed by atoms with Gasteiger partial charge in [-0.15, -0.1) is 0 Å². The van der Waals surface area contributed by atoms with Gasteiger partial charge in [0, 0.05) is 196 Å². The van der Waals surface area contributed by atoms with Crippen LogP contribution >= 0.6 is 0 Å². The number of aryl methyl sites for hydroxylation is 5. The van der Waals surface area contributed by atoms with Crippen molar-refractivity contribution in [3.05, 3.63) is 188 Å². The minimum atomic E-state index is 0. The Labute approximate surface area is 648 Å². The lowest BCUT2D eigenvalue weighted by atomic mass is 10.0. The molecule has 1 aliphatic rings. The second-order valence-corrected chi connectivity index (χ2v) is 27.3. The Morgan fingerprint density at radius 2 is 0.827 bits per heavy atom. The fourth-order valence-corrected chi connectivity index (χ4v) is 13.4. The van der Waals surface area contributed by atoms with E-state index >= 15 is 0 Å². The first kappa shape index (κ1) is 84.1. The largest absolute Gasteiger partial charge is 0.497 e. The number of anilines is 6. The van der Waals surface area contributed by atoms with Crippen molar-refractivity contribution in [3.8, 4) is 62.5 Å². The third kappa shape index (κ3) is 20.2. The predicted molar refractivity (Wildman–Crippen MR) is 446 cm³/mol. The lowest BCUT2D eigenvalue weighted by Crippen LogP contribution is -2.39. The fourth-order valence-electron chi connectivity index (χ4n) is 13.4. The zero-order valence-electron chi connectivity index (χ0n) is 63.1. The highest BCUT2D eigenvalue weighted by atomic mass is 16.5. The third-order valence-corrected chi connectivity index (χ3v) is 19.0. The molecule has 13 aromatic rings. The van der Waals surface area contributed by atoms with Crippen molar-refractivity contribution in [3.63, 3.8) is 0 Å². The van der Waals surface area contributed by atoms with Crippen LogP contribution in [0.1, 0.15) is 86.3 Å². The molecule has 1 saturated heterocycles. The van der Waals surface area contributed by atoms with Crippen molar-refractivity contribution in [1.29, 1.82) is 0 Å². The van der Waals surface area contributed by atoms with Gasteiger partial charge in [-0.1, -0.05) is 29.7 Å². The molecule has 582 valence electrons. The number of fused-ring (bicyclic) bond motifs is 3. The van der Waals surface area contributed by atoms with Gasteiger partial charge in [0.2, 0.25) is 0 Å². The molecule has 0 bridgehead atoms. The number of likely N-dealkylation sites (tertiary alicyclic amines) is 1. The number of aliphatic hydroxyl groups excluding tert-OH is 1. The summed E-state index contributed by atoms with van der Waals surface area (Å²) < 4.78 is 35.4. The third-order valence-electron chi connectivity index (χ3n) is 19.0. The van der Waals surface area contributed by atoms with E-state index in [1.165, 1.54) is 19.4 Å². The Hall–Kier alpha value is -11.5. The molecule has 0 atom stereocenters. The van der Waals surface area contributed by atoms with E-state index in [4.69, 9.17) is 38.6 Å². The summed E-state index contributed by atoms with van der Waals surface area (Å²) in [5.41, 5.74) is 18.7. The summed E-state index contributed by atoms with van der Waals surface area (Å²) in [6.45, 7) is 14.9. The molecule has 8 heterocycles. The van der Waals surface area contributed by atoms with Crippen molar-refractivity contribution < 1.29 is 28.8 Å². The molecule has 0 saturated carbocycles. The number of ether oxygens (including phenoxy) is 5. The van der Waals surface area contributed by atoms with Gasteiger partial charge in [0.15, 0.2) is 0 Å². The average Bonchev–Trinajstić information content (AvgIpc) is 1.06. The Morgan fingerprint density at radius 3 is 1.17 bits per heavy atom. The molecule has 0 aliphatic carbocycles. The molecule has 6 aromatic carbocycles. The topological polar surface area (TPSA) is 231 Å². The molecule has 25 nitrogen and oxygen atoms in total. The van der Waals surface area contributed by atoms with Gasteiger partial charge in [-0.05, 0) is 146 Å². The highest BCUT2D eigenvalue weighted by Gasteiger charge is 2.31. The van der Waals surface area contributed by atoms with Crippen LogP contribution in [0.15, 0.2) is 171 Å². The van der Waals surface area contributed by atoms with Crippen LogP contribution in [0.5, 0.6) is 28.7 Å². The Balaban J connectivity index is 0.000000204. The van der Waals surface area contributed by atoms with E-state index in [2.05, 4.69) is 134 Å².